The molecule has 0 aliphatic rings. The highest BCUT2D eigenvalue weighted by Gasteiger charge is 2.19. The zero-order valence-corrected chi connectivity index (χ0v) is 10.5. The number of benzene rings is 1. The van der Waals surface area contributed by atoms with Crippen molar-refractivity contribution in [2.75, 3.05) is 11.9 Å². The summed E-state index contributed by atoms with van der Waals surface area (Å²) >= 11 is 5.69. The first-order valence-corrected chi connectivity index (χ1v) is 5.44. The van der Waals surface area contributed by atoms with Gasteiger partial charge < -0.3 is 5.32 Å². The summed E-state index contributed by atoms with van der Waals surface area (Å²) < 4.78 is 0. The Morgan fingerprint density at radius 2 is 1.89 bits per heavy atom. The highest BCUT2D eigenvalue weighted by Crippen LogP contribution is 2.15. The zero-order valence-electron chi connectivity index (χ0n) is 9.71. The molecule has 0 aliphatic heterocycles. The van der Waals surface area contributed by atoms with Gasteiger partial charge in [0.05, 0.1) is 16.7 Å². The van der Waals surface area contributed by atoms with Crippen LogP contribution in [0, 0.1) is 20.2 Å². The molecule has 1 N–H and O–H groups in total. The Morgan fingerprint density at radius 1 is 1.32 bits per heavy atom. The molecule has 1 rings (SSSR count). The minimum absolute atomic E-state index is 0.184. The molecule has 0 unspecified atom stereocenters. The molecular weight excluding hydrogens is 274 g/mol. The molecule has 0 aliphatic carbocycles. The zero-order chi connectivity index (χ0) is 14.4. The van der Waals surface area contributed by atoms with Gasteiger partial charge in [-0.15, -0.1) is 0 Å². The molecule has 8 heteroatoms. The summed E-state index contributed by atoms with van der Waals surface area (Å²) in [5.74, 6) is 0. The predicted octanol–water partition coefficient (Wildman–Crippen LogP) is 2.70. The van der Waals surface area contributed by atoms with Crippen LogP contribution < -0.4 is 5.32 Å². The lowest BCUT2D eigenvalue weighted by Crippen LogP contribution is -2.11. The van der Waals surface area contributed by atoms with E-state index in [2.05, 4.69) is 11.9 Å². The third-order valence-electron chi connectivity index (χ3n) is 2.10. The maximum absolute atomic E-state index is 10.8. The van der Waals surface area contributed by atoms with E-state index in [-0.39, 0.29) is 5.57 Å². The van der Waals surface area contributed by atoms with E-state index < -0.39 is 22.1 Å². The van der Waals surface area contributed by atoms with Gasteiger partial charge in [-0.25, -0.2) is 0 Å². The predicted molar refractivity (Wildman–Crippen MR) is 71.2 cm³/mol. The number of halogens is 1. The van der Waals surface area contributed by atoms with Crippen LogP contribution in [0.2, 0.25) is 5.02 Å². The standard InChI is InChI=1S/C11H10ClN3O4/c1-8(7-14(16)17)11(15(18)19)6-13-10-4-2-9(12)3-5-10/h2-6,13H,1,7H2/b11-6-. The molecule has 1 aromatic carbocycles. The first kappa shape index (κ1) is 14.7. The van der Waals surface area contributed by atoms with Crippen LogP contribution in [0.25, 0.3) is 0 Å². The molecule has 0 heterocycles. The van der Waals surface area contributed by atoms with Gasteiger partial charge in [-0.2, -0.15) is 0 Å². The van der Waals surface area contributed by atoms with E-state index in [0.717, 1.165) is 6.20 Å². The van der Waals surface area contributed by atoms with Crippen molar-refractivity contribution in [3.8, 4) is 0 Å². The van der Waals surface area contributed by atoms with Crippen molar-refractivity contribution < 1.29 is 9.85 Å². The normalized spacial score (nSPS) is 10.9. The second-order valence-corrected chi connectivity index (χ2v) is 3.97. The van der Waals surface area contributed by atoms with E-state index in [1.54, 1.807) is 24.3 Å². The lowest BCUT2D eigenvalue weighted by atomic mass is 10.2. The summed E-state index contributed by atoms with van der Waals surface area (Å²) in [6.45, 7) is 2.64. The van der Waals surface area contributed by atoms with Crippen LogP contribution in [-0.4, -0.2) is 16.4 Å². The van der Waals surface area contributed by atoms with Crippen LogP contribution in [0.15, 0.2) is 48.3 Å². The van der Waals surface area contributed by atoms with Crippen LogP contribution in [0.3, 0.4) is 0 Å². The third kappa shape index (κ3) is 4.76. The highest BCUT2D eigenvalue weighted by molar-refractivity contribution is 6.30. The van der Waals surface area contributed by atoms with Gasteiger partial charge in [0.15, 0.2) is 0 Å². The quantitative estimate of drug-likeness (QED) is 0.491. The molecule has 0 spiro atoms. The van der Waals surface area contributed by atoms with E-state index in [9.17, 15) is 20.2 Å². The van der Waals surface area contributed by atoms with E-state index in [1.807, 2.05) is 0 Å². The van der Waals surface area contributed by atoms with E-state index in [4.69, 9.17) is 11.6 Å². The summed E-state index contributed by atoms with van der Waals surface area (Å²) in [6.07, 6.45) is 1.06. The van der Waals surface area contributed by atoms with E-state index in [0.29, 0.717) is 10.7 Å². The molecule has 100 valence electrons. The topological polar surface area (TPSA) is 98.3 Å². The van der Waals surface area contributed by atoms with Gasteiger partial charge in [0, 0.05) is 15.6 Å². The van der Waals surface area contributed by atoms with E-state index in [1.165, 1.54) is 0 Å². The fraction of sp³-hybridized carbons (Fsp3) is 0.0909. The lowest BCUT2D eigenvalue weighted by Gasteiger charge is -2.02. The maximum atomic E-state index is 10.8. The second kappa shape index (κ2) is 6.50. The fourth-order valence-corrected chi connectivity index (χ4v) is 1.34. The van der Waals surface area contributed by atoms with Crippen molar-refractivity contribution in [2.45, 2.75) is 0 Å². The monoisotopic (exact) mass is 283 g/mol. The summed E-state index contributed by atoms with van der Waals surface area (Å²) in [4.78, 5) is 19.7. The first-order valence-electron chi connectivity index (χ1n) is 5.06. The van der Waals surface area contributed by atoms with Gasteiger partial charge >= 0.3 is 0 Å². The molecule has 0 aromatic heterocycles. The second-order valence-electron chi connectivity index (χ2n) is 3.53. The molecule has 0 saturated heterocycles. The Bertz CT molecular complexity index is 539. The van der Waals surface area contributed by atoms with Crippen molar-refractivity contribution in [3.05, 3.63) is 73.6 Å². The van der Waals surface area contributed by atoms with Crippen LogP contribution in [0.4, 0.5) is 5.69 Å². The van der Waals surface area contributed by atoms with Crippen LogP contribution in [0.1, 0.15) is 0 Å². The average molecular weight is 284 g/mol. The Morgan fingerprint density at radius 3 is 2.37 bits per heavy atom. The van der Waals surface area contributed by atoms with Gasteiger partial charge in [-0.3, -0.25) is 20.2 Å². The van der Waals surface area contributed by atoms with E-state index >= 15 is 0 Å². The lowest BCUT2D eigenvalue weighted by molar-refractivity contribution is -0.477. The number of nitro groups is 2. The Kier molecular flexibility index (Phi) is 5.01. The number of hydrogen-bond donors (Lipinski definition) is 1. The minimum atomic E-state index is -0.727. The Balaban J connectivity index is 2.84. The number of nitrogens with one attached hydrogen (secondary N) is 1. The molecule has 0 bridgehead atoms. The largest absolute Gasteiger partial charge is 0.356 e. The number of anilines is 1. The van der Waals surface area contributed by atoms with Gasteiger partial charge in [0.25, 0.3) is 5.70 Å². The molecule has 0 amide bonds. The summed E-state index contributed by atoms with van der Waals surface area (Å²) in [7, 11) is 0. The molecule has 0 atom stereocenters. The average Bonchev–Trinajstić information content (AvgIpc) is 2.30. The SMILES string of the molecule is C=C(C[N+](=O)[O-])/C(=C/Nc1ccc(Cl)cc1)[N+](=O)[O-]. The number of nitrogens with zero attached hydrogens (tertiary/aromatic N) is 2. The summed E-state index contributed by atoms with van der Waals surface area (Å²) in [6, 6.07) is 6.45. The molecule has 0 fully saturated rings. The molecule has 1 aromatic rings. The highest BCUT2D eigenvalue weighted by atomic mass is 35.5. The van der Waals surface area contributed by atoms with Crippen LogP contribution in [-0.2, 0) is 0 Å². The molecule has 7 nitrogen and oxygen atoms in total. The smallest absolute Gasteiger partial charge is 0.294 e. The molecular formula is C11H10ClN3O4. The van der Waals surface area contributed by atoms with Crippen LogP contribution >= 0.6 is 11.6 Å². The van der Waals surface area contributed by atoms with Gasteiger partial charge in [0.2, 0.25) is 6.54 Å². The number of hydrogen-bond acceptors (Lipinski definition) is 5. The van der Waals surface area contributed by atoms with Crippen molar-refractivity contribution in [3.63, 3.8) is 0 Å². The van der Waals surface area contributed by atoms with Gasteiger partial charge in [-0.05, 0) is 24.3 Å². The molecule has 0 saturated carbocycles. The van der Waals surface area contributed by atoms with Gasteiger partial charge in [0.1, 0.15) is 0 Å². The van der Waals surface area contributed by atoms with Gasteiger partial charge in [-0.1, -0.05) is 18.2 Å². The Labute approximate surface area is 113 Å². The first-order chi connectivity index (χ1) is 8.90. The van der Waals surface area contributed by atoms with Crippen molar-refractivity contribution >= 4 is 17.3 Å². The van der Waals surface area contributed by atoms with Crippen molar-refractivity contribution in [1.29, 1.82) is 0 Å². The molecule has 0 radical (unpaired) electrons. The minimum Gasteiger partial charge on any atom is -0.356 e. The summed E-state index contributed by atoms with van der Waals surface area (Å²) in [5, 5.41) is 24.3. The maximum Gasteiger partial charge on any atom is 0.294 e. The number of rotatable bonds is 6. The third-order valence-corrected chi connectivity index (χ3v) is 2.35. The summed E-state index contributed by atoms with van der Waals surface area (Å²) in [5.41, 5.74) is -0.0548. The van der Waals surface area contributed by atoms with Crippen LogP contribution in [0.5, 0.6) is 0 Å². The molecule has 19 heavy (non-hydrogen) atoms. The van der Waals surface area contributed by atoms with Crippen molar-refractivity contribution in [1.82, 2.24) is 0 Å². The van der Waals surface area contributed by atoms with Crippen molar-refractivity contribution in [2.24, 2.45) is 0 Å². The Hall–Kier alpha value is -2.41. The fourth-order valence-electron chi connectivity index (χ4n) is 1.22.